The zero-order chi connectivity index (χ0) is 26.0. The first kappa shape index (κ1) is 25.0. The molecule has 2 aliphatic rings. The first-order valence-corrected chi connectivity index (χ1v) is 13.1. The Kier molecular flexibility index (Phi) is 7.12. The van der Waals surface area contributed by atoms with Crippen LogP contribution in [0, 0.1) is 0 Å². The number of aromatic nitrogens is 5. The number of hydrogen-bond acceptors (Lipinski definition) is 8. The lowest BCUT2D eigenvalue weighted by Crippen LogP contribution is -2.50. The number of rotatable bonds is 8. The highest BCUT2D eigenvalue weighted by Gasteiger charge is 2.45. The van der Waals surface area contributed by atoms with Crippen molar-refractivity contribution in [1.82, 2.24) is 24.4 Å². The van der Waals surface area contributed by atoms with Crippen molar-refractivity contribution in [3.63, 3.8) is 0 Å². The van der Waals surface area contributed by atoms with Crippen LogP contribution in [0.3, 0.4) is 0 Å². The molecule has 2 aliphatic heterocycles. The number of halogens is 2. The lowest BCUT2D eigenvalue weighted by atomic mass is 10.1. The number of ether oxygens (including phenoxy) is 3. The van der Waals surface area contributed by atoms with Crippen LogP contribution in [-0.4, -0.2) is 69.9 Å². The SMILES string of the molecule is Clc1ccc(C2(Cn3cncn3)OCC(COc3ccc(N4CCN(n5ccnc5)CC4)cc3)O2)c(Cl)c1. The van der Waals surface area contributed by atoms with Crippen molar-refractivity contribution in [3.05, 3.63) is 89.4 Å². The molecule has 2 fully saturated rings. The Hall–Kier alpha value is -3.31. The first-order chi connectivity index (χ1) is 18.6. The molecule has 4 aromatic rings. The monoisotopic (exact) mass is 555 g/mol. The van der Waals surface area contributed by atoms with Gasteiger partial charge in [0.25, 0.3) is 0 Å². The van der Waals surface area contributed by atoms with Crippen molar-refractivity contribution in [2.45, 2.75) is 18.4 Å². The van der Waals surface area contributed by atoms with Crippen molar-refractivity contribution in [2.24, 2.45) is 0 Å². The fraction of sp³-hybridized carbons (Fsp3) is 0.346. The van der Waals surface area contributed by atoms with Gasteiger partial charge in [-0.15, -0.1) is 0 Å². The standard InChI is InChI=1S/C26H27Cl2N7O3/c27-20-1-6-24(25(28)13-20)26(16-33-18-30-17-31-33)37-15-23(38-26)14-36-22-4-2-21(3-5-22)32-9-11-34(12-10-32)35-8-7-29-19-35/h1-8,13,17-19,23H,9-12,14-16H2. The van der Waals surface area contributed by atoms with Crippen LogP contribution in [0.25, 0.3) is 0 Å². The van der Waals surface area contributed by atoms with Crippen molar-refractivity contribution in [3.8, 4) is 5.75 Å². The maximum atomic E-state index is 6.54. The minimum atomic E-state index is -1.13. The van der Waals surface area contributed by atoms with E-state index in [0.717, 1.165) is 31.9 Å². The number of imidazole rings is 1. The predicted octanol–water partition coefficient (Wildman–Crippen LogP) is 3.59. The van der Waals surface area contributed by atoms with Crippen LogP contribution in [0.4, 0.5) is 5.69 Å². The molecule has 6 rings (SSSR count). The molecule has 12 heteroatoms. The summed E-state index contributed by atoms with van der Waals surface area (Å²) >= 11 is 12.7. The fourth-order valence-corrected chi connectivity index (χ4v) is 5.38. The van der Waals surface area contributed by atoms with Gasteiger partial charge in [0.1, 0.15) is 44.0 Å². The molecule has 0 N–H and O–H groups in total. The summed E-state index contributed by atoms with van der Waals surface area (Å²) < 4.78 is 22.4. The van der Waals surface area contributed by atoms with Gasteiger partial charge in [0.2, 0.25) is 5.79 Å². The first-order valence-electron chi connectivity index (χ1n) is 12.4. The summed E-state index contributed by atoms with van der Waals surface area (Å²) in [6.45, 7) is 4.69. The second-order valence-corrected chi connectivity index (χ2v) is 10.1. The maximum Gasteiger partial charge on any atom is 0.217 e. The summed E-state index contributed by atoms with van der Waals surface area (Å²) in [6, 6.07) is 13.4. The van der Waals surface area contributed by atoms with Gasteiger partial charge in [-0.2, -0.15) is 5.10 Å². The second kappa shape index (κ2) is 10.8. The molecule has 0 saturated carbocycles. The summed E-state index contributed by atoms with van der Waals surface area (Å²) in [4.78, 5) is 10.5. The number of nitrogens with zero attached hydrogens (tertiary/aromatic N) is 7. The molecular formula is C26H27Cl2N7O3. The van der Waals surface area contributed by atoms with Crippen molar-refractivity contribution in [2.75, 3.05) is 49.3 Å². The predicted molar refractivity (Wildman–Crippen MR) is 143 cm³/mol. The van der Waals surface area contributed by atoms with E-state index in [0.29, 0.717) is 28.8 Å². The van der Waals surface area contributed by atoms with Gasteiger partial charge >= 0.3 is 0 Å². The Morgan fingerprint density at radius 3 is 2.55 bits per heavy atom. The van der Waals surface area contributed by atoms with E-state index in [1.54, 1.807) is 29.3 Å². The fourth-order valence-electron chi connectivity index (χ4n) is 4.83. The highest BCUT2D eigenvalue weighted by atomic mass is 35.5. The van der Waals surface area contributed by atoms with E-state index in [-0.39, 0.29) is 12.6 Å². The number of piperazine rings is 1. The third-order valence-corrected chi connectivity index (χ3v) is 7.30. The minimum Gasteiger partial charge on any atom is -0.491 e. The average molecular weight is 556 g/mol. The number of hydrogen-bond donors (Lipinski definition) is 0. The van der Waals surface area contributed by atoms with E-state index >= 15 is 0 Å². The molecule has 198 valence electrons. The quantitative estimate of drug-likeness (QED) is 0.326. The zero-order valence-corrected chi connectivity index (χ0v) is 22.1. The summed E-state index contributed by atoms with van der Waals surface area (Å²) in [7, 11) is 0. The normalized spacial score (nSPS) is 21.7. The smallest absolute Gasteiger partial charge is 0.217 e. The van der Waals surface area contributed by atoms with E-state index in [9.17, 15) is 0 Å². The Morgan fingerprint density at radius 2 is 1.84 bits per heavy atom. The molecule has 2 saturated heterocycles. The van der Waals surface area contributed by atoms with Crippen LogP contribution >= 0.6 is 23.2 Å². The van der Waals surface area contributed by atoms with E-state index in [1.165, 1.54) is 12.0 Å². The van der Waals surface area contributed by atoms with Crippen LogP contribution in [0.5, 0.6) is 5.75 Å². The molecule has 0 amide bonds. The van der Waals surface area contributed by atoms with Gasteiger partial charge in [-0.25, -0.2) is 14.6 Å². The van der Waals surface area contributed by atoms with Gasteiger partial charge in [-0.1, -0.05) is 29.3 Å². The summed E-state index contributed by atoms with van der Waals surface area (Å²) in [6.07, 6.45) is 8.39. The number of anilines is 1. The Morgan fingerprint density at radius 1 is 1.00 bits per heavy atom. The number of benzene rings is 2. The van der Waals surface area contributed by atoms with Crippen LogP contribution in [0.2, 0.25) is 10.0 Å². The molecule has 0 radical (unpaired) electrons. The van der Waals surface area contributed by atoms with Gasteiger partial charge in [-0.05, 0) is 36.4 Å². The van der Waals surface area contributed by atoms with Crippen molar-refractivity contribution in [1.29, 1.82) is 0 Å². The highest BCUT2D eigenvalue weighted by Crippen LogP contribution is 2.40. The third kappa shape index (κ3) is 5.30. The molecule has 0 spiro atoms. The molecule has 2 aromatic heterocycles. The van der Waals surface area contributed by atoms with Crippen molar-refractivity contribution >= 4 is 28.9 Å². The topological polar surface area (TPSA) is 82.7 Å². The Bertz CT molecular complexity index is 1330. The molecule has 2 atom stereocenters. The molecule has 0 aliphatic carbocycles. The summed E-state index contributed by atoms with van der Waals surface area (Å²) in [5, 5.41) is 7.49. The third-order valence-electron chi connectivity index (χ3n) is 6.75. The van der Waals surface area contributed by atoms with Gasteiger partial charge in [-0.3, -0.25) is 4.68 Å². The zero-order valence-electron chi connectivity index (χ0n) is 20.6. The molecule has 2 unspecified atom stereocenters. The van der Waals surface area contributed by atoms with Crippen LogP contribution in [0.15, 0.2) is 73.8 Å². The van der Waals surface area contributed by atoms with Gasteiger partial charge in [0, 0.05) is 41.8 Å². The summed E-state index contributed by atoms with van der Waals surface area (Å²) in [5.74, 6) is -0.362. The van der Waals surface area contributed by atoms with Gasteiger partial charge in [0.05, 0.1) is 24.7 Å². The second-order valence-electron chi connectivity index (χ2n) is 9.21. The lowest BCUT2D eigenvalue weighted by molar-refractivity contribution is -0.190. The van der Waals surface area contributed by atoms with E-state index in [4.69, 9.17) is 37.4 Å². The van der Waals surface area contributed by atoms with Crippen LogP contribution in [0.1, 0.15) is 5.56 Å². The van der Waals surface area contributed by atoms with Gasteiger partial charge in [0.15, 0.2) is 0 Å². The molecule has 38 heavy (non-hydrogen) atoms. The van der Waals surface area contributed by atoms with E-state index in [1.807, 2.05) is 35.4 Å². The van der Waals surface area contributed by atoms with Crippen LogP contribution < -0.4 is 14.6 Å². The minimum absolute atomic E-state index is 0.285. The van der Waals surface area contributed by atoms with Crippen molar-refractivity contribution < 1.29 is 14.2 Å². The lowest BCUT2D eigenvalue weighted by Gasteiger charge is -2.37. The largest absolute Gasteiger partial charge is 0.491 e. The molecule has 10 nitrogen and oxygen atoms in total. The maximum absolute atomic E-state index is 6.54. The van der Waals surface area contributed by atoms with Crippen LogP contribution in [-0.2, 0) is 21.8 Å². The van der Waals surface area contributed by atoms with E-state index in [2.05, 4.69) is 37.1 Å². The molecular weight excluding hydrogens is 529 g/mol. The molecule has 4 heterocycles. The van der Waals surface area contributed by atoms with E-state index < -0.39 is 5.79 Å². The van der Waals surface area contributed by atoms with Gasteiger partial charge < -0.3 is 24.1 Å². The summed E-state index contributed by atoms with van der Waals surface area (Å²) in [5.41, 5.74) is 1.85. The average Bonchev–Trinajstić information content (AvgIpc) is 3.72. The molecule has 2 aromatic carbocycles. The Labute approximate surface area is 230 Å². The highest BCUT2D eigenvalue weighted by molar-refractivity contribution is 6.35. The Balaban J connectivity index is 1.07. The molecule has 0 bridgehead atoms.